The molecule has 0 aliphatic carbocycles. The summed E-state index contributed by atoms with van der Waals surface area (Å²) in [6.07, 6.45) is 5.18. The van der Waals surface area contributed by atoms with Crippen LogP contribution in [0, 0.1) is 6.92 Å². The lowest BCUT2D eigenvalue weighted by atomic mass is 10.1. The zero-order chi connectivity index (χ0) is 14.7. The second-order valence-electron chi connectivity index (χ2n) is 6.15. The Balaban J connectivity index is 1.92. The van der Waals surface area contributed by atoms with E-state index in [0.717, 1.165) is 30.8 Å². The third kappa shape index (κ3) is 3.25. The average Bonchev–Trinajstić information content (AvgIpc) is 2.72. The first-order valence-electron chi connectivity index (χ1n) is 8.07. The molecular formula is C18H25N3. The van der Waals surface area contributed by atoms with Crippen LogP contribution < -0.4 is 5.73 Å². The first kappa shape index (κ1) is 14.5. The van der Waals surface area contributed by atoms with Gasteiger partial charge >= 0.3 is 0 Å². The summed E-state index contributed by atoms with van der Waals surface area (Å²) in [4.78, 5) is 7.22. The molecule has 0 amide bonds. The van der Waals surface area contributed by atoms with Crippen molar-refractivity contribution in [3.63, 3.8) is 0 Å². The van der Waals surface area contributed by atoms with Crippen molar-refractivity contribution >= 4 is 10.9 Å². The van der Waals surface area contributed by atoms with Crippen molar-refractivity contribution in [2.24, 2.45) is 5.73 Å². The minimum Gasteiger partial charge on any atom is -0.329 e. The van der Waals surface area contributed by atoms with Gasteiger partial charge in [-0.1, -0.05) is 31.0 Å². The van der Waals surface area contributed by atoms with Crippen LogP contribution in [0.2, 0.25) is 0 Å². The summed E-state index contributed by atoms with van der Waals surface area (Å²) in [6.45, 7) is 5.00. The maximum Gasteiger partial charge on any atom is 0.0708 e. The molecule has 1 aromatic heterocycles. The van der Waals surface area contributed by atoms with E-state index in [1.165, 1.54) is 36.6 Å². The van der Waals surface area contributed by atoms with E-state index in [1.54, 1.807) is 0 Å². The third-order valence-corrected chi connectivity index (χ3v) is 4.57. The molecule has 1 aliphatic rings. The second kappa shape index (κ2) is 6.54. The first-order chi connectivity index (χ1) is 10.3. The molecule has 112 valence electrons. The van der Waals surface area contributed by atoms with Gasteiger partial charge in [0.25, 0.3) is 0 Å². The fourth-order valence-electron chi connectivity index (χ4n) is 3.46. The number of hydrogen-bond donors (Lipinski definition) is 1. The van der Waals surface area contributed by atoms with E-state index in [-0.39, 0.29) is 0 Å². The summed E-state index contributed by atoms with van der Waals surface area (Å²) in [5.74, 6) is 0. The lowest BCUT2D eigenvalue weighted by Crippen LogP contribution is -2.39. The van der Waals surface area contributed by atoms with E-state index in [4.69, 9.17) is 5.73 Å². The Kier molecular flexibility index (Phi) is 4.51. The monoisotopic (exact) mass is 283 g/mol. The second-order valence-corrected chi connectivity index (χ2v) is 6.15. The molecule has 1 fully saturated rings. The lowest BCUT2D eigenvalue weighted by Gasteiger charge is -2.29. The Hall–Kier alpha value is -1.45. The van der Waals surface area contributed by atoms with Crippen LogP contribution in [0.5, 0.6) is 0 Å². The molecular weight excluding hydrogens is 258 g/mol. The number of rotatable bonds is 3. The molecule has 1 saturated heterocycles. The average molecular weight is 283 g/mol. The van der Waals surface area contributed by atoms with Crippen molar-refractivity contribution in [1.29, 1.82) is 0 Å². The van der Waals surface area contributed by atoms with Crippen LogP contribution in [0.4, 0.5) is 0 Å². The normalized spacial score (nSPS) is 20.6. The standard InChI is InChI=1S/C18H25N3/c1-14-11-15(17-8-4-5-9-18(17)20-14)13-21-10-6-2-3-7-16(21)12-19/h4-5,8-9,11,16H,2-3,6-7,10,12-13,19H2,1H3. The van der Waals surface area contributed by atoms with Gasteiger partial charge in [0.05, 0.1) is 5.52 Å². The number of likely N-dealkylation sites (tertiary alicyclic amines) is 1. The van der Waals surface area contributed by atoms with Gasteiger partial charge in [-0.25, -0.2) is 0 Å². The minimum absolute atomic E-state index is 0.528. The smallest absolute Gasteiger partial charge is 0.0708 e. The number of para-hydroxylation sites is 1. The molecule has 0 saturated carbocycles. The quantitative estimate of drug-likeness (QED) is 0.940. The van der Waals surface area contributed by atoms with Crippen molar-refractivity contribution < 1.29 is 0 Å². The minimum atomic E-state index is 0.528. The van der Waals surface area contributed by atoms with Gasteiger partial charge in [-0.2, -0.15) is 0 Å². The van der Waals surface area contributed by atoms with E-state index in [2.05, 4.69) is 47.1 Å². The van der Waals surface area contributed by atoms with Gasteiger partial charge in [-0.15, -0.1) is 0 Å². The molecule has 2 N–H and O–H groups in total. The number of benzene rings is 1. The van der Waals surface area contributed by atoms with Crippen molar-refractivity contribution in [1.82, 2.24) is 9.88 Å². The van der Waals surface area contributed by atoms with Crippen molar-refractivity contribution in [2.75, 3.05) is 13.1 Å². The molecule has 1 aromatic carbocycles. The molecule has 2 heterocycles. The SMILES string of the molecule is Cc1cc(CN2CCCCCC2CN)c2ccccc2n1. The number of nitrogens with zero attached hydrogens (tertiary/aromatic N) is 2. The van der Waals surface area contributed by atoms with Crippen LogP contribution in [0.25, 0.3) is 10.9 Å². The summed E-state index contributed by atoms with van der Waals surface area (Å²) >= 11 is 0. The van der Waals surface area contributed by atoms with E-state index >= 15 is 0 Å². The van der Waals surface area contributed by atoms with Crippen LogP contribution in [0.15, 0.2) is 30.3 Å². The van der Waals surface area contributed by atoms with Crippen LogP contribution in [-0.4, -0.2) is 29.0 Å². The first-order valence-corrected chi connectivity index (χ1v) is 8.07. The number of fused-ring (bicyclic) bond motifs is 1. The van der Waals surface area contributed by atoms with Gasteiger partial charge in [-0.05, 0) is 44.0 Å². The maximum absolute atomic E-state index is 6.01. The van der Waals surface area contributed by atoms with Crippen LogP contribution in [-0.2, 0) is 6.54 Å². The Morgan fingerprint density at radius 3 is 2.95 bits per heavy atom. The molecule has 0 spiro atoms. The zero-order valence-corrected chi connectivity index (χ0v) is 12.9. The summed E-state index contributed by atoms with van der Waals surface area (Å²) in [6, 6.07) is 11.2. The molecule has 3 nitrogen and oxygen atoms in total. The topological polar surface area (TPSA) is 42.1 Å². The van der Waals surface area contributed by atoms with Gasteiger partial charge in [0.2, 0.25) is 0 Å². The number of aryl methyl sites for hydroxylation is 1. The molecule has 1 aliphatic heterocycles. The van der Waals surface area contributed by atoms with E-state index in [9.17, 15) is 0 Å². The van der Waals surface area contributed by atoms with Crippen molar-refractivity contribution in [3.8, 4) is 0 Å². The highest BCUT2D eigenvalue weighted by Crippen LogP contribution is 2.23. The molecule has 2 aromatic rings. The van der Waals surface area contributed by atoms with E-state index < -0.39 is 0 Å². The highest BCUT2D eigenvalue weighted by Gasteiger charge is 2.20. The van der Waals surface area contributed by atoms with Gasteiger partial charge in [0, 0.05) is 30.2 Å². The highest BCUT2D eigenvalue weighted by molar-refractivity contribution is 5.82. The highest BCUT2D eigenvalue weighted by atomic mass is 15.2. The Labute approximate surface area is 127 Å². The number of pyridine rings is 1. The fourth-order valence-corrected chi connectivity index (χ4v) is 3.46. The molecule has 0 radical (unpaired) electrons. The Morgan fingerprint density at radius 2 is 2.10 bits per heavy atom. The number of hydrogen-bond acceptors (Lipinski definition) is 3. The van der Waals surface area contributed by atoms with Gasteiger partial charge in [0.1, 0.15) is 0 Å². The number of nitrogens with two attached hydrogens (primary N) is 1. The largest absolute Gasteiger partial charge is 0.329 e. The Morgan fingerprint density at radius 1 is 1.24 bits per heavy atom. The zero-order valence-electron chi connectivity index (χ0n) is 12.9. The van der Waals surface area contributed by atoms with Gasteiger partial charge < -0.3 is 5.73 Å². The summed E-state index contributed by atoms with van der Waals surface area (Å²) in [5, 5.41) is 1.28. The Bertz CT molecular complexity index is 608. The lowest BCUT2D eigenvalue weighted by molar-refractivity contribution is 0.196. The van der Waals surface area contributed by atoms with Crippen LogP contribution in [0.3, 0.4) is 0 Å². The van der Waals surface area contributed by atoms with Gasteiger partial charge in [0.15, 0.2) is 0 Å². The third-order valence-electron chi connectivity index (χ3n) is 4.57. The van der Waals surface area contributed by atoms with Crippen LogP contribution >= 0.6 is 0 Å². The van der Waals surface area contributed by atoms with E-state index in [0.29, 0.717) is 6.04 Å². The molecule has 21 heavy (non-hydrogen) atoms. The summed E-state index contributed by atoms with van der Waals surface area (Å²) in [7, 11) is 0. The van der Waals surface area contributed by atoms with Crippen LogP contribution in [0.1, 0.15) is 36.9 Å². The molecule has 1 atom stereocenters. The predicted octanol–water partition coefficient (Wildman–Crippen LogP) is 3.25. The molecule has 1 unspecified atom stereocenters. The summed E-state index contributed by atoms with van der Waals surface area (Å²) < 4.78 is 0. The summed E-state index contributed by atoms with van der Waals surface area (Å²) in [5.41, 5.74) is 9.60. The molecule has 3 heteroatoms. The molecule has 3 rings (SSSR count). The number of aromatic nitrogens is 1. The van der Waals surface area contributed by atoms with Gasteiger partial charge in [-0.3, -0.25) is 9.88 Å². The molecule has 0 bridgehead atoms. The van der Waals surface area contributed by atoms with Crippen molar-refractivity contribution in [2.45, 2.75) is 45.2 Å². The predicted molar refractivity (Wildman–Crippen MR) is 88.2 cm³/mol. The fraction of sp³-hybridized carbons (Fsp3) is 0.500. The maximum atomic E-state index is 6.01. The van der Waals surface area contributed by atoms with E-state index in [1.807, 2.05) is 0 Å². The van der Waals surface area contributed by atoms with Crippen molar-refractivity contribution in [3.05, 3.63) is 41.6 Å².